The second-order valence-corrected chi connectivity index (χ2v) is 3.67. The van der Waals surface area contributed by atoms with Crippen molar-refractivity contribution in [3.63, 3.8) is 0 Å². The number of hydrogen-bond acceptors (Lipinski definition) is 1. The molecule has 0 heterocycles. The van der Waals surface area contributed by atoms with Crippen molar-refractivity contribution in [2.75, 3.05) is 6.61 Å². The second-order valence-electron chi connectivity index (χ2n) is 3.67. The molecule has 0 amide bonds. The molecule has 1 nitrogen and oxygen atoms in total. The number of ether oxygens (including phenoxy) is 1. The van der Waals surface area contributed by atoms with Crippen LogP contribution < -0.4 is 4.74 Å². The van der Waals surface area contributed by atoms with Gasteiger partial charge in [0, 0.05) is 0 Å². The summed E-state index contributed by atoms with van der Waals surface area (Å²) in [6.07, 6.45) is 0. The van der Waals surface area contributed by atoms with Gasteiger partial charge in [-0.05, 0) is 43.0 Å². The predicted octanol–water partition coefficient (Wildman–Crippen LogP) is 3.52. The number of aryl methyl sites for hydroxylation is 1. The Morgan fingerprint density at radius 1 is 1.23 bits per heavy atom. The lowest BCUT2D eigenvalue weighted by molar-refractivity contribution is 0.339. The van der Waals surface area contributed by atoms with Crippen LogP contribution in [0.4, 0.5) is 0 Å². The zero-order chi connectivity index (χ0) is 9.84. The van der Waals surface area contributed by atoms with Crippen molar-refractivity contribution in [2.45, 2.75) is 33.6 Å². The van der Waals surface area contributed by atoms with E-state index in [9.17, 15) is 0 Å². The normalized spacial score (nSPS) is 10.5. The average molecular weight is 178 g/mol. The van der Waals surface area contributed by atoms with Crippen LogP contribution in [0.1, 0.15) is 37.8 Å². The SMILES string of the molecule is CCOc1cc(C)cc(C(C)C)c1. The van der Waals surface area contributed by atoms with Crippen LogP contribution in [-0.2, 0) is 0 Å². The third-order valence-corrected chi connectivity index (χ3v) is 2.05. The molecule has 0 radical (unpaired) electrons. The van der Waals surface area contributed by atoms with E-state index in [0.29, 0.717) is 5.92 Å². The van der Waals surface area contributed by atoms with Crippen LogP contribution in [0.2, 0.25) is 0 Å². The minimum atomic E-state index is 0.569. The third-order valence-electron chi connectivity index (χ3n) is 2.05. The van der Waals surface area contributed by atoms with Crippen LogP contribution in [0.3, 0.4) is 0 Å². The van der Waals surface area contributed by atoms with Gasteiger partial charge >= 0.3 is 0 Å². The molecule has 0 saturated heterocycles. The van der Waals surface area contributed by atoms with Gasteiger partial charge in [0.05, 0.1) is 6.61 Å². The van der Waals surface area contributed by atoms with E-state index >= 15 is 0 Å². The summed E-state index contributed by atoms with van der Waals surface area (Å²) in [7, 11) is 0. The maximum absolute atomic E-state index is 5.48. The van der Waals surface area contributed by atoms with Crippen LogP contribution >= 0.6 is 0 Å². The molecule has 72 valence electrons. The van der Waals surface area contributed by atoms with E-state index in [-0.39, 0.29) is 0 Å². The molecule has 1 rings (SSSR count). The highest BCUT2D eigenvalue weighted by Crippen LogP contribution is 2.22. The van der Waals surface area contributed by atoms with E-state index in [1.165, 1.54) is 11.1 Å². The van der Waals surface area contributed by atoms with Crippen LogP contribution in [0.25, 0.3) is 0 Å². The highest BCUT2D eigenvalue weighted by molar-refractivity contribution is 5.35. The summed E-state index contributed by atoms with van der Waals surface area (Å²) < 4.78 is 5.48. The van der Waals surface area contributed by atoms with Gasteiger partial charge < -0.3 is 4.74 Å². The first kappa shape index (κ1) is 10.1. The summed E-state index contributed by atoms with van der Waals surface area (Å²) in [4.78, 5) is 0. The lowest BCUT2D eigenvalue weighted by atomic mass is 10.0. The van der Waals surface area contributed by atoms with Crippen LogP contribution in [0.15, 0.2) is 18.2 Å². The molecule has 0 saturated carbocycles. The third kappa shape index (κ3) is 2.76. The first-order valence-corrected chi connectivity index (χ1v) is 4.88. The van der Waals surface area contributed by atoms with Crippen LogP contribution in [0.5, 0.6) is 5.75 Å². The molecule has 1 aromatic rings. The largest absolute Gasteiger partial charge is 0.494 e. The molecule has 0 spiro atoms. The van der Waals surface area contributed by atoms with Crippen molar-refractivity contribution < 1.29 is 4.74 Å². The fourth-order valence-corrected chi connectivity index (χ4v) is 1.36. The van der Waals surface area contributed by atoms with Crippen LogP contribution in [0, 0.1) is 6.92 Å². The van der Waals surface area contributed by atoms with Gasteiger partial charge in [0.25, 0.3) is 0 Å². The Bertz CT molecular complexity index is 276. The first-order valence-electron chi connectivity index (χ1n) is 4.88. The van der Waals surface area contributed by atoms with Gasteiger partial charge in [-0.1, -0.05) is 19.9 Å². The van der Waals surface area contributed by atoms with Gasteiger partial charge in [-0.25, -0.2) is 0 Å². The van der Waals surface area contributed by atoms with Gasteiger partial charge in [0.15, 0.2) is 0 Å². The van der Waals surface area contributed by atoms with Gasteiger partial charge in [-0.2, -0.15) is 0 Å². The first-order chi connectivity index (χ1) is 6.13. The van der Waals surface area contributed by atoms with E-state index in [4.69, 9.17) is 4.74 Å². The van der Waals surface area contributed by atoms with E-state index in [2.05, 4.69) is 39.0 Å². The Hall–Kier alpha value is -0.980. The fourth-order valence-electron chi connectivity index (χ4n) is 1.36. The lowest BCUT2D eigenvalue weighted by Crippen LogP contribution is -1.95. The van der Waals surface area contributed by atoms with E-state index in [1.807, 2.05) is 6.92 Å². The summed E-state index contributed by atoms with van der Waals surface area (Å²) >= 11 is 0. The smallest absolute Gasteiger partial charge is 0.119 e. The monoisotopic (exact) mass is 178 g/mol. The van der Waals surface area contributed by atoms with Gasteiger partial charge in [0.2, 0.25) is 0 Å². The lowest BCUT2D eigenvalue weighted by Gasteiger charge is -2.10. The highest BCUT2D eigenvalue weighted by Gasteiger charge is 2.02. The second kappa shape index (κ2) is 4.31. The summed E-state index contributed by atoms with van der Waals surface area (Å²) in [6, 6.07) is 6.42. The van der Waals surface area contributed by atoms with E-state index in [0.717, 1.165) is 12.4 Å². The maximum atomic E-state index is 5.48. The average Bonchev–Trinajstić information content (AvgIpc) is 2.03. The molecule has 0 fully saturated rings. The molecule has 0 aromatic heterocycles. The minimum absolute atomic E-state index is 0.569. The van der Waals surface area contributed by atoms with Crippen molar-refractivity contribution in [2.24, 2.45) is 0 Å². The molecule has 0 unspecified atom stereocenters. The Kier molecular flexibility index (Phi) is 3.35. The zero-order valence-corrected chi connectivity index (χ0v) is 8.92. The molecule has 13 heavy (non-hydrogen) atoms. The molecule has 0 N–H and O–H groups in total. The molecule has 0 aliphatic rings. The van der Waals surface area contributed by atoms with Crippen molar-refractivity contribution >= 4 is 0 Å². The Labute approximate surface area is 80.7 Å². The highest BCUT2D eigenvalue weighted by atomic mass is 16.5. The van der Waals surface area contributed by atoms with Crippen molar-refractivity contribution in [3.8, 4) is 5.75 Å². The van der Waals surface area contributed by atoms with Crippen molar-refractivity contribution in [1.29, 1.82) is 0 Å². The number of benzene rings is 1. The van der Waals surface area contributed by atoms with Gasteiger partial charge in [-0.3, -0.25) is 0 Å². The zero-order valence-electron chi connectivity index (χ0n) is 8.92. The van der Waals surface area contributed by atoms with E-state index in [1.54, 1.807) is 0 Å². The summed E-state index contributed by atoms with van der Waals surface area (Å²) in [5.41, 5.74) is 2.62. The maximum Gasteiger partial charge on any atom is 0.119 e. The Balaban J connectivity index is 2.96. The van der Waals surface area contributed by atoms with Crippen molar-refractivity contribution in [3.05, 3.63) is 29.3 Å². The fraction of sp³-hybridized carbons (Fsp3) is 0.500. The van der Waals surface area contributed by atoms with E-state index < -0.39 is 0 Å². The molecular formula is C12H18O. The number of rotatable bonds is 3. The summed E-state index contributed by atoms with van der Waals surface area (Å²) in [5, 5.41) is 0. The molecule has 0 aliphatic carbocycles. The number of hydrogen-bond donors (Lipinski definition) is 0. The van der Waals surface area contributed by atoms with Crippen LogP contribution in [-0.4, -0.2) is 6.61 Å². The molecule has 0 bridgehead atoms. The quantitative estimate of drug-likeness (QED) is 0.688. The van der Waals surface area contributed by atoms with Gasteiger partial charge in [-0.15, -0.1) is 0 Å². The standard InChI is InChI=1S/C12H18O/c1-5-13-12-7-10(4)6-11(8-12)9(2)3/h6-9H,5H2,1-4H3. The Morgan fingerprint density at radius 3 is 2.46 bits per heavy atom. The topological polar surface area (TPSA) is 9.23 Å². The van der Waals surface area contributed by atoms with Gasteiger partial charge in [0.1, 0.15) is 5.75 Å². The summed E-state index contributed by atoms with van der Waals surface area (Å²) in [5.74, 6) is 1.56. The predicted molar refractivity (Wildman–Crippen MR) is 56.4 cm³/mol. The molecular weight excluding hydrogens is 160 g/mol. The molecule has 0 aliphatic heterocycles. The summed E-state index contributed by atoms with van der Waals surface area (Å²) in [6.45, 7) is 9.25. The van der Waals surface area contributed by atoms with Crippen molar-refractivity contribution in [1.82, 2.24) is 0 Å². The minimum Gasteiger partial charge on any atom is -0.494 e. The molecule has 1 heteroatoms. The Morgan fingerprint density at radius 2 is 1.92 bits per heavy atom. The molecule has 0 atom stereocenters. The molecule has 1 aromatic carbocycles.